The first-order chi connectivity index (χ1) is 10.4. The average molecular weight is 304 g/mol. The van der Waals surface area contributed by atoms with E-state index in [0.29, 0.717) is 11.6 Å². The maximum atomic E-state index is 13.3. The molecule has 0 saturated heterocycles. The molecule has 0 aromatic heterocycles. The maximum absolute atomic E-state index is 13.3. The summed E-state index contributed by atoms with van der Waals surface area (Å²) in [5.41, 5.74) is 3.56. The van der Waals surface area contributed by atoms with Crippen LogP contribution in [-0.4, -0.2) is 16.7 Å². The van der Waals surface area contributed by atoms with E-state index >= 15 is 0 Å². The zero-order valence-electron chi connectivity index (χ0n) is 12.0. The Morgan fingerprint density at radius 2 is 1.95 bits per heavy atom. The average Bonchev–Trinajstić information content (AvgIpc) is 2.48. The number of carbonyl (C=O) groups is 1. The number of halogens is 2. The minimum atomic E-state index is -1.09. The van der Waals surface area contributed by atoms with E-state index in [4.69, 9.17) is 0 Å². The lowest BCUT2D eigenvalue weighted by Crippen LogP contribution is -2.19. The Morgan fingerprint density at radius 1 is 1.23 bits per heavy atom. The van der Waals surface area contributed by atoms with Gasteiger partial charge < -0.3 is 5.11 Å². The number of phenols is 1. The number of hydrazone groups is 1. The Balaban J connectivity index is 2.22. The number of nitrogens with one attached hydrogen (secondary N) is 1. The minimum Gasteiger partial charge on any atom is -0.504 e. The maximum Gasteiger partial charge on any atom is 0.271 e. The van der Waals surface area contributed by atoms with Crippen LogP contribution in [-0.2, 0) is 0 Å². The summed E-state index contributed by atoms with van der Waals surface area (Å²) in [5, 5.41) is 13.3. The molecule has 0 radical (unpaired) electrons. The Hall–Kier alpha value is -2.76. The molecule has 0 heterocycles. The number of nitrogens with zero attached hydrogens (tertiary/aromatic N) is 1. The molecule has 0 bridgehead atoms. The number of hydrogen-bond donors (Lipinski definition) is 2. The minimum absolute atomic E-state index is 0.0805. The highest BCUT2D eigenvalue weighted by molar-refractivity contribution is 6.02. The van der Waals surface area contributed by atoms with E-state index in [1.54, 1.807) is 18.2 Å². The summed E-state index contributed by atoms with van der Waals surface area (Å²) in [6, 6.07) is 8.38. The molecule has 0 aliphatic rings. The van der Waals surface area contributed by atoms with Gasteiger partial charge in [-0.05, 0) is 32.0 Å². The van der Waals surface area contributed by atoms with Crippen molar-refractivity contribution in [1.29, 1.82) is 0 Å². The first kappa shape index (κ1) is 15.6. The second kappa shape index (κ2) is 6.34. The van der Waals surface area contributed by atoms with Gasteiger partial charge in [-0.3, -0.25) is 4.79 Å². The van der Waals surface area contributed by atoms with Crippen molar-refractivity contribution in [1.82, 2.24) is 5.43 Å². The molecule has 0 fully saturated rings. The lowest BCUT2D eigenvalue weighted by Gasteiger charge is -2.06. The third-order valence-electron chi connectivity index (χ3n) is 3.02. The van der Waals surface area contributed by atoms with Gasteiger partial charge in [0, 0.05) is 17.2 Å². The predicted octanol–water partition coefficient (Wildman–Crippen LogP) is 3.13. The molecule has 0 aliphatic carbocycles. The van der Waals surface area contributed by atoms with E-state index in [9.17, 15) is 18.7 Å². The van der Waals surface area contributed by atoms with E-state index in [1.807, 2.05) is 13.0 Å². The molecule has 4 nitrogen and oxygen atoms in total. The first-order valence-electron chi connectivity index (χ1n) is 6.48. The predicted molar refractivity (Wildman–Crippen MR) is 78.9 cm³/mol. The Labute approximate surface area is 126 Å². The molecule has 2 rings (SSSR count). The van der Waals surface area contributed by atoms with Crippen molar-refractivity contribution < 1.29 is 18.7 Å². The molecule has 6 heteroatoms. The third kappa shape index (κ3) is 3.46. The molecule has 1 amide bonds. The van der Waals surface area contributed by atoms with Crippen molar-refractivity contribution in [3.63, 3.8) is 0 Å². The number of hydrogen-bond acceptors (Lipinski definition) is 3. The number of benzene rings is 2. The summed E-state index contributed by atoms with van der Waals surface area (Å²) in [7, 11) is 0. The summed E-state index contributed by atoms with van der Waals surface area (Å²) < 4.78 is 26.5. The fraction of sp³-hybridized carbons (Fsp3) is 0.125. The van der Waals surface area contributed by atoms with Crippen LogP contribution in [0.25, 0.3) is 0 Å². The second-order valence-corrected chi connectivity index (χ2v) is 4.79. The zero-order chi connectivity index (χ0) is 16.3. The third-order valence-corrected chi connectivity index (χ3v) is 3.02. The highest BCUT2D eigenvalue weighted by atomic mass is 19.1. The number of rotatable bonds is 3. The topological polar surface area (TPSA) is 61.7 Å². The van der Waals surface area contributed by atoms with Gasteiger partial charge in [0.25, 0.3) is 5.91 Å². The molecule has 114 valence electrons. The number of amides is 1. The van der Waals surface area contributed by atoms with Crippen LogP contribution in [0.1, 0.15) is 28.4 Å². The van der Waals surface area contributed by atoms with Crippen LogP contribution in [0, 0.1) is 18.6 Å². The number of aromatic hydroxyl groups is 1. The van der Waals surface area contributed by atoms with E-state index in [2.05, 4.69) is 10.5 Å². The van der Waals surface area contributed by atoms with E-state index in [0.717, 1.165) is 11.6 Å². The lowest BCUT2D eigenvalue weighted by molar-refractivity contribution is 0.0954. The van der Waals surface area contributed by atoms with Crippen LogP contribution in [0.4, 0.5) is 8.78 Å². The standard InChI is InChI=1S/C16H14F2N2O2/c1-9-4-3-5-11(6-9)16(22)20-19-10(2)13-7-12(17)8-14(18)15(13)21/h3-8,21H,1-2H3,(H,20,22). The Morgan fingerprint density at radius 3 is 2.64 bits per heavy atom. The van der Waals surface area contributed by atoms with Crippen LogP contribution in [0.5, 0.6) is 5.75 Å². The van der Waals surface area contributed by atoms with Crippen LogP contribution >= 0.6 is 0 Å². The van der Waals surface area contributed by atoms with Gasteiger partial charge in [-0.15, -0.1) is 0 Å². The molecule has 2 aromatic rings. The van der Waals surface area contributed by atoms with Gasteiger partial charge in [-0.2, -0.15) is 5.10 Å². The number of aryl methyl sites for hydroxylation is 1. The summed E-state index contributed by atoms with van der Waals surface area (Å²) in [4.78, 5) is 11.9. The molecule has 0 spiro atoms. The first-order valence-corrected chi connectivity index (χ1v) is 6.48. The van der Waals surface area contributed by atoms with Crippen LogP contribution in [0.3, 0.4) is 0 Å². The van der Waals surface area contributed by atoms with Crippen molar-refractivity contribution in [2.24, 2.45) is 5.10 Å². The van der Waals surface area contributed by atoms with Gasteiger partial charge >= 0.3 is 0 Å². The van der Waals surface area contributed by atoms with Crippen LogP contribution in [0.15, 0.2) is 41.5 Å². The molecule has 0 atom stereocenters. The molecule has 22 heavy (non-hydrogen) atoms. The molecule has 0 aliphatic heterocycles. The van der Waals surface area contributed by atoms with E-state index in [1.165, 1.54) is 6.92 Å². The van der Waals surface area contributed by atoms with Gasteiger partial charge in [-0.1, -0.05) is 17.7 Å². The summed E-state index contributed by atoms with van der Waals surface area (Å²) in [6.45, 7) is 3.27. The van der Waals surface area contributed by atoms with Gasteiger partial charge in [0.05, 0.1) is 5.71 Å². The fourth-order valence-corrected chi connectivity index (χ4v) is 1.89. The van der Waals surface area contributed by atoms with Gasteiger partial charge in [0.15, 0.2) is 11.6 Å². The molecule has 0 unspecified atom stereocenters. The van der Waals surface area contributed by atoms with Crippen molar-refractivity contribution in [3.05, 3.63) is 64.7 Å². The van der Waals surface area contributed by atoms with Crippen LogP contribution in [0.2, 0.25) is 0 Å². The SMILES string of the molecule is CC(=NNC(=O)c1cccc(C)c1)c1cc(F)cc(F)c1O. The normalized spacial score (nSPS) is 11.4. The number of phenolic OH excluding ortho intramolecular Hbond substituents is 1. The van der Waals surface area contributed by atoms with E-state index < -0.39 is 23.3 Å². The summed E-state index contributed by atoms with van der Waals surface area (Å²) in [6.07, 6.45) is 0. The quantitative estimate of drug-likeness (QED) is 0.676. The Bertz CT molecular complexity index is 758. The zero-order valence-corrected chi connectivity index (χ0v) is 12.0. The largest absolute Gasteiger partial charge is 0.504 e. The lowest BCUT2D eigenvalue weighted by atomic mass is 10.1. The summed E-state index contributed by atoms with van der Waals surface area (Å²) >= 11 is 0. The molecule has 2 aromatic carbocycles. The van der Waals surface area contributed by atoms with Crippen molar-refractivity contribution in [2.75, 3.05) is 0 Å². The highest BCUT2D eigenvalue weighted by Crippen LogP contribution is 2.23. The highest BCUT2D eigenvalue weighted by Gasteiger charge is 2.13. The van der Waals surface area contributed by atoms with Gasteiger partial charge in [0.2, 0.25) is 0 Å². The smallest absolute Gasteiger partial charge is 0.271 e. The molecular formula is C16H14F2N2O2. The monoisotopic (exact) mass is 304 g/mol. The summed E-state index contributed by atoms with van der Waals surface area (Å²) in [5.74, 6) is -3.11. The van der Waals surface area contributed by atoms with Crippen LogP contribution < -0.4 is 5.43 Å². The Kier molecular flexibility index (Phi) is 4.50. The molecule has 0 saturated carbocycles. The number of carbonyl (C=O) groups excluding carboxylic acids is 1. The van der Waals surface area contributed by atoms with Gasteiger partial charge in [0.1, 0.15) is 5.82 Å². The van der Waals surface area contributed by atoms with Crippen molar-refractivity contribution in [3.8, 4) is 5.75 Å². The second-order valence-electron chi connectivity index (χ2n) is 4.79. The molecule has 2 N–H and O–H groups in total. The van der Waals surface area contributed by atoms with Crippen molar-refractivity contribution >= 4 is 11.6 Å². The van der Waals surface area contributed by atoms with E-state index in [-0.39, 0.29) is 11.3 Å². The fourth-order valence-electron chi connectivity index (χ4n) is 1.89. The van der Waals surface area contributed by atoms with Crippen molar-refractivity contribution in [2.45, 2.75) is 13.8 Å². The van der Waals surface area contributed by atoms with Gasteiger partial charge in [-0.25, -0.2) is 14.2 Å². The molecular weight excluding hydrogens is 290 g/mol.